The number of carbonyl (C=O) groups excluding carboxylic acids is 1. The van der Waals surface area contributed by atoms with Gasteiger partial charge in [-0.2, -0.15) is 13.2 Å². The molecular formula is C20H15ClF3NO3. The summed E-state index contributed by atoms with van der Waals surface area (Å²) in [7, 11) is 0. The Morgan fingerprint density at radius 1 is 1.14 bits per heavy atom. The number of hydrogen-bond acceptors (Lipinski definition) is 4. The molecule has 4 nitrogen and oxygen atoms in total. The van der Waals surface area contributed by atoms with Crippen molar-refractivity contribution in [3.8, 4) is 11.3 Å². The largest absolute Gasteiger partial charge is 0.463 e. The van der Waals surface area contributed by atoms with Gasteiger partial charge in [-0.1, -0.05) is 41.9 Å². The first-order valence-electron chi connectivity index (χ1n) is 8.31. The summed E-state index contributed by atoms with van der Waals surface area (Å²) in [6, 6.07) is 13.8. The molecule has 0 aliphatic carbocycles. The molecule has 0 bridgehead atoms. The van der Waals surface area contributed by atoms with Gasteiger partial charge in [0, 0.05) is 21.5 Å². The molecule has 0 amide bonds. The lowest BCUT2D eigenvalue weighted by Crippen LogP contribution is -2.50. The quantitative estimate of drug-likeness (QED) is 0.625. The van der Waals surface area contributed by atoms with Crippen molar-refractivity contribution in [3.05, 3.63) is 65.2 Å². The minimum Gasteiger partial charge on any atom is -0.463 e. The average molecular weight is 410 g/mol. The predicted octanol–water partition coefficient (Wildman–Crippen LogP) is 4.87. The van der Waals surface area contributed by atoms with E-state index in [1.807, 2.05) is 0 Å². The van der Waals surface area contributed by atoms with Crippen LogP contribution in [0.15, 0.2) is 54.6 Å². The summed E-state index contributed by atoms with van der Waals surface area (Å²) in [6.07, 6.45) is -5.34. The van der Waals surface area contributed by atoms with Gasteiger partial charge in [0.1, 0.15) is 0 Å². The van der Waals surface area contributed by atoms with E-state index in [1.165, 1.54) is 25.1 Å². The van der Waals surface area contributed by atoms with Gasteiger partial charge in [-0.25, -0.2) is 9.78 Å². The fourth-order valence-corrected chi connectivity index (χ4v) is 3.04. The van der Waals surface area contributed by atoms with Crippen molar-refractivity contribution >= 4 is 28.5 Å². The minimum atomic E-state index is -5.34. The maximum atomic E-state index is 13.8. The van der Waals surface area contributed by atoms with Gasteiger partial charge in [0.05, 0.1) is 17.8 Å². The monoisotopic (exact) mass is 409 g/mol. The van der Waals surface area contributed by atoms with Crippen LogP contribution in [0.2, 0.25) is 5.02 Å². The Morgan fingerprint density at radius 2 is 1.86 bits per heavy atom. The van der Waals surface area contributed by atoms with Crippen molar-refractivity contribution in [2.24, 2.45) is 0 Å². The lowest BCUT2D eigenvalue weighted by atomic mass is 9.87. The molecule has 1 unspecified atom stereocenters. The van der Waals surface area contributed by atoms with Crippen LogP contribution in [0.5, 0.6) is 0 Å². The second-order valence-corrected chi connectivity index (χ2v) is 6.44. The molecule has 1 heterocycles. The summed E-state index contributed by atoms with van der Waals surface area (Å²) in [5.41, 5.74) is -4.02. The highest BCUT2D eigenvalue weighted by atomic mass is 35.5. The molecule has 2 aromatic carbocycles. The number of ether oxygens (including phenoxy) is 1. The molecule has 1 N–H and O–H groups in total. The van der Waals surface area contributed by atoms with Gasteiger partial charge >= 0.3 is 12.1 Å². The summed E-state index contributed by atoms with van der Waals surface area (Å²) in [4.78, 5) is 16.5. The van der Waals surface area contributed by atoms with Gasteiger partial charge in [-0.05, 0) is 31.2 Å². The van der Waals surface area contributed by atoms with Crippen LogP contribution < -0.4 is 0 Å². The number of fused-ring (bicyclic) bond motifs is 1. The standard InChI is InChI=1S/C20H15ClF3NO3/c1-2-28-18(26)19(27,20(22,23)24)15-11-13(21)8-9-14(15)17-10-7-12-5-3-4-6-16(12)25-17/h3-11,27H,2H2,1H3. The zero-order valence-corrected chi connectivity index (χ0v) is 15.4. The Morgan fingerprint density at radius 3 is 2.54 bits per heavy atom. The number of esters is 1. The smallest absolute Gasteiger partial charge is 0.432 e. The van der Waals surface area contributed by atoms with E-state index in [4.69, 9.17) is 11.6 Å². The predicted molar refractivity (Wildman–Crippen MR) is 98.8 cm³/mol. The zero-order chi connectivity index (χ0) is 20.5. The van der Waals surface area contributed by atoms with Crippen LogP contribution in [0.3, 0.4) is 0 Å². The molecule has 0 saturated carbocycles. The highest BCUT2D eigenvalue weighted by Gasteiger charge is 2.63. The summed E-state index contributed by atoms with van der Waals surface area (Å²) in [6.45, 7) is 1.01. The zero-order valence-electron chi connectivity index (χ0n) is 14.6. The molecule has 1 aromatic heterocycles. The van der Waals surface area contributed by atoms with Gasteiger partial charge in [0.15, 0.2) is 0 Å². The maximum absolute atomic E-state index is 13.8. The second-order valence-electron chi connectivity index (χ2n) is 6.01. The molecule has 28 heavy (non-hydrogen) atoms. The fourth-order valence-electron chi connectivity index (χ4n) is 2.87. The van der Waals surface area contributed by atoms with E-state index >= 15 is 0 Å². The van der Waals surface area contributed by atoms with Crippen LogP contribution in [-0.4, -0.2) is 28.8 Å². The summed E-state index contributed by atoms with van der Waals surface area (Å²) >= 11 is 5.89. The van der Waals surface area contributed by atoms with Crippen molar-refractivity contribution in [3.63, 3.8) is 0 Å². The van der Waals surface area contributed by atoms with Crippen LogP contribution in [0, 0.1) is 0 Å². The number of halogens is 4. The number of rotatable bonds is 4. The maximum Gasteiger partial charge on any atom is 0.432 e. The third kappa shape index (κ3) is 3.43. The third-order valence-corrected chi connectivity index (χ3v) is 4.46. The van der Waals surface area contributed by atoms with E-state index in [-0.39, 0.29) is 22.9 Å². The van der Waals surface area contributed by atoms with Crippen molar-refractivity contribution in [2.45, 2.75) is 18.7 Å². The van der Waals surface area contributed by atoms with Crippen molar-refractivity contribution in [2.75, 3.05) is 6.61 Å². The first-order valence-corrected chi connectivity index (χ1v) is 8.68. The van der Waals surface area contributed by atoms with E-state index in [0.29, 0.717) is 5.52 Å². The molecule has 3 rings (SSSR count). The minimum absolute atomic E-state index is 0.0773. The van der Waals surface area contributed by atoms with Crippen LogP contribution in [-0.2, 0) is 15.1 Å². The number of benzene rings is 2. The second kappa shape index (κ2) is 7.41. The van der Waals surface area contributed by atoms with Gasteiger partial charge < -0.3 is 9.84 Å². The summed E-state index contributed by atoms with van der Waals surface area (Å²) in [5.74, 6) is -1.83. The molecule has 0 spiro atoms. The Labute approximate surface area is 163 Å². The molecule has 0 aliphatic heterocycles. The molecule has 1 atom stereocenters. The van der Waals surface area contributed by atoms with E-state index in [2.05, 4.69) is 9.72 Å². The molecular weight excluding hydrogens is 395 g/mol. The highest BCUT2D eigenvalue weighted by molar-refractivity contribution is 6.30. The SMILES string of the molecule is CCOC(=O)C(O)(c1cc(Cl)ccc1-c1ccc2ccccc2n1)C(F)(F)F. The Hall–Kier alpha value is -2.64. The summed E-state index contributed by atoms with van der Waals surface area (Å²) < 4.78 is 46.0. The van der Waals surface area contributed by atoms with Gasteiger partial charge in [0.2, 0.25) is 0 Å². The van der Waals surface area contributed by atoms with E-state index < -0.39 is 23.3 Å². The molecule has 146 valence electrons. The topological polar surface area (TPSA) is 59.4 Å². The Balaban J connectivity index is 2.28. The number of carbonyl (C=O) groups is 1. The third-order valence-electron chi connectivity index (χ3n) is 4.23. The number of alkyl halides is 3. The molecule has 0 radical (unpaired) electrons. The first kappa shape index (κ1) is 20.1. The van der Waals surface area contributed by atoms with Crippen molar-refractivity contribution in [1.82, 2.24) is 4.98 Å². The van der Waals surface area contributed by atoms with E-state index in [0.717, 1.165) is 11.5 Å². The highest BCUT2D eigenvalue weighted by Crippen LogP contribution is 2.44. The molecule has 8 heteroatoms. The number of para-hydroxylation sites is 1. The Bertz CT molecular complexity index is 1040. The first-order chi connectivity index (χ1) is 13.2. The number of aliphatic hydroxyl groups is 1. The van der Waals surface area contributed by atoms with E-state index in [9.17, 15) is 23.1 Å². The number of aromatic nitrogens is 1. The normalized spacial score (nSPS) is 13.9. The lowest BCUT2D eigenvalue weighted by Gasteiger charge is -2.30. The molecule has 3 aromatic rings. The number of hydrogen-bond donors (Lipinski definition) is 1. The fraction of sp³-hybridized carbons (Fsp3) is 0.200. The summed E-state index contributed by atoms with van der Waals surface area (Å²) in [5, 5.41) is 11.2. The van der Waals surface area contributed by atoms with Crippen molar-refractivity contribution in [1.29, 1.82) is 0 Å². The van der Waals surface area contributed by atoms with Crippen molar-refractivity contribution < 1.29 is 27.8 Å². The van der Waals surface area contributed by atoms with Crippen LogP contribution in [0.1, 0.15) is 12.5 Å². The Kier molecular flexibility index (Phi) is 5.32. The van der Waals surface area contributed by atoms with Gasteiger partial charge in [-0.3, -0.25) is 0 Å². The molecule has 0 aliphatic rings. The van der Waals surface area contributed by atoms with Gasteiger partial charge in [-0.15, -0.1) is 0 Å². The van der Waals surface area contributed by atoms with Crippen LogP contribution >= 0.6 is 11.6 Å². The van der Waals surface area contributed by atoms with Crippen LogP contribution in [0.4, 0.5) is 13.2 Å². The van der Waals surface area contributed by atoms with E-state index in [1.54, 1.807) is 30.3 Å². The van der Waals surface area contributed by atoms with Crippen LogP contribution in [0.25, 0.3) is 22.2 Å². The number of nitrogens with zero attached hydrogens (tertiary/aromatic N) is 1. The average Bonchev–Trinajstić information content (AvgIpc) is 2.66. The van der Waals surface area contributed by atoms with Gasteiger partial charge in [0.25, 0.3) is 5.60 Å². The number of pyridine rings is 1. The molecule has 0 fully saturated rings. The molecule has 0 saturated heterocycles. The lowest BCUT2D eigenvalue weighted by molar-refractivity contribution is -0.267.